The Kier molecular flexibility index (Phi) is 3.52. The van der Waals surface area contributed by atoms with Crippen LogP contribution in [0.1, 0.15) is 10.4 Å². The maximum Gasteiger partial charge on any atom is 0.258 e. The molecule has 3 heterocycles. The van der Waals surface area contributed by atoms with Gasteiger partial charge in [-0.2, -0.15) is 0 Å². The van der Waals surface area contributed by atoms with Gasteiger partial charge in [0.15, 0.2) is 0 Å². The van der Waals surface area contributed by atoms with Crippen LogP contribution >= 0.6 is 11.3 Å². The van der Waals surface area contributed by atoms with E-state index in [1.165, 1.54) is 10.4 Å². The topological polar surface area (TPSA) is 63.8 Å². The largest absolute Gasteiger partial charge is 0.361 e. The smallest absolute Gasteiger partial charge is 0.258 e. The number of hydrogen-bond acceptors (Lipinski definition) is 3. The van der Waals surface area contributed by atoms with Crippen molar-refractivity contribution in [3.05, 3.63) is 68.9 Å². The highest BCUT2D eigenvalue weighted by Crippen LogP contribution is 2.26. The third-order valence-corrected chi connectivity index (χ3v) is 5.06. The summed E-state index contributed by atoms with van der Waals surface area (Å²) in [5.41, 5.74) is 7.98. The first-order chi connectivity index (χ1) is 11.3. The van der Waals surface area contributed by atoms with Gasteiger partial charge in [0.1, 0.15) is 0 Å². The highest BCUT2D eigenvalue weighted by Gasteiger charge is 2.11. The molecule has 0 aliphatic rings. The number of H-pyrrole nitrogens is 1. The van der Waals surface area contributed by atoms with Crippen molar-refractivity contribution in [1.82, 2.24) is 9.55 Å². The molecule has 3 N–H and O–H groups in total. The van der Waals surface area contributed by atoms with Gasteiger partial charge in [0.05, 0.1) is 6.54 Å². The normalized spacial score (nSPS) is 11.5. The van der Waals surface area contributed by atoms with E-state index in [1.807, 2.05) is 42.0 Å². The molecular formula is C18H17N3OS. The molecule has 0 aliphatic heterocycles. The molecule has 0 bridgehead atoms. The summed E-state index contributed by atoms with van der Waals surface area (Å²) in [4.78, 5) is 17.3. The van der Waals surface area contributed by atoms with Crippen molar-refractivity contribution in [3.8, 4) is 0 Å². The third-order valence-electron chi connectivity index (χ3n) is 4.20. The first-order valence-electron chi connectivity index (χ1n) is 7.62. The minimum absolute atomic E-state index is 0.0534. The van der Waals surface area contributed by atoms with E-state index in [0.717, 1.165) is 28.1 Å². The number of fused-ring (bicyclic) bond motifs is 3. The predicted molar refractivity (Wildman–Crippen MR) is 96.2 cm³/mol. The van der Waals surface area contributed by atoms with E-state index in [1.54, 1.807) is 15.9 Å². The van der Waals surface area contributed by atoms with Crippen LogP contribution < -0.4 is 11.3 Å². The fourth-order valence-corrected chi connectivity index (χ4v) is 3.82. The van der Waals surface area contributed by atoms with E-state index in [2.05, 4.69) is 11.1 Å². The summed E-state index contributed by atoms with van der Waals surface area (Å²) in [6, 6.07) is 9.99. The summed E-state index contributed by atoms with van der Waals surface area (Å²) in [5, 5.41) is 4.91. The van der Waals surface area contributed by atoms with Gasteiger partial charge >= 0.3 is 0 Å². The van der Waals surface area contributed by atoms with Crippen molar-refractivity contribution in [2.24, 2.45) is 5.73 Å². The van der Waals surface area contributed by atoms with Crippen LogP contribution in [0.5, 0.6) is 0 Å². The van der Waals surface area contributed by atoms with Crippen LogP contribution in [0.15, 0.2) is 52.9 Å². The number of nitrogens with zero attached hydrogens (tertiary/aromatic N) is 1. The van der Waals surface area contributed by atoms with Crippen LogP contribution in [0.25, 0.3) is 21.7 Å². The van der Waals surface area contributed by atoms with Crippen molar-refractivity contribution in [2.75, 3.05) is 6.54 Å². The molecule has 0 unspecified atom stereocenters. The Morgan fingerprint density at radius 3 is 2.87 bits per heavy atom. The second kappa shape index (κ2) is 5.68. The third kappa shape index (κ3) is 2.38. The summed E-state index contributed by atoms with van der Waals surface area (Å²) in [6.45, 7) is 1.21. The number of rotatable bonds is 4. The number of aromatic amines is 1. The fourth-order valence-electron chi connectivity index (χ4n) is 3.12. The van der Waals surface area contributed by atoms with Crippen molar-refractivity contribution >= 4 is 33.0 Å². The van der Waals surface area contributed by atoms with Gasteiger partial charge in [0.25, 0.3) is 5.56 Å². The minimum atomic E-state index is 0.0534. The summed E-state index contributed by atoms with van der Waals surface area (Å²) in [5.74, 6) is 0. The van der Waals surface area contributed by atoms with Gasteiger partial charge in [-0.25, -0.2) is 0 Å². The molecule has 4 aromatic rings. The quantitative estimate of drug-likeness (QED) is 0.606. The Bertz CT molecular complexity index is 1030. The van der Waals surface area contributed by atoms with E-state index in [-0.39, 0.29) is 5.56 Å². The summed E-state index contributed by atoms with van der Waals surface area (Å²) >= 11 is 1.67. The highest BCUT2D eigenvalue weighted by atomic mass is 32.1. The van der Waals surface area contributed by atoms with E-state index in [4.69, 9.17) is 5.73 Å². The molecule has 23 heavy (non-hydrogen) atoms. The second-order valence-electron chi connectivity index (χ2n) is 5.63. The maximum atomic E-state index is 12.8. The summed E-state index contributed by atoms with van der Waals surface area (Å²) in [6.07, 6.45) is 4.69. The molecule has 0 saturated heterocycles. The number of benzene rings is 1. The van der Waals surface area contributed by atoms with Crippen molar-refractivity contribution in [2.45, 2.75) is 13.0 Å². The number of thiophene rings is 1. The Balaban J connectivity index is 1.92. The molecule has 5 heteroatoms. The molecular weight excluding hydrogens is 306 g/mol. The first-order valence-corrected chi connectivity index (χ1v) is 8.50. The van der Waals surface area contributed by atoms with Gasteiger partial charge < -0.3 is 15.3 Å². The Labute approximate surface area is 137 Å². The molecule has 1 aromatic carbocycles. The van der Waals surface area contributed by atoms with Gasteiger partial charge in [-0.1, -0.05) is 6.07 Å². The number of hydrogen-bond donors (Lipinski definition) is 2. The van der Waals surface area contributed by atoms with Gasteiger partial charge in [-0.15, -0.1) is 11.3 Å². The minimum Gasteiger partial charge on any atom is -0.361 e. The van der Waals surface area contributed by atoms with Crippen molar-refractivity contribution < 1.29 is 0 Å². The standard InChI is InChI=1S/C18H17N3OS/c19-7-5-12-10-20-16-4-3-15-14(17(12)16)6-8-21(18(15)22)11-13-2-1-9-23-13/h1-4,6,8-10,20H,5,7,11,19H2. The van der Waals surface area contributed by atoms with Gasteiger partial charge in [-0.05, 0) is 53.6 Å². The SMILES string of the molecule is NCCc1c[nH]c2ccc3c(=O)n(Cc4cccs4)ccc3c12. The van der Waals surface area contributed by atoms with Crippen LogP contribution in [0.3, 0.4) is 0 Å². The maximum absolute atomic E-state index is 12.8. The van der Waals surface area contributed by atoms with Crippen molar-refractivity contribution in [3.63, 3.8) is 0 Å². The Morgan fingerprint density at radius 2 is 2.09 bits per heavy atom. The molecule has 3 aromatic heterocycles. The predicted octanol–water partition coefficient (Wildman–Crippen LogP) is 3.09. The first kappa shape index (κ1) is 14.2. The van der Waals surface area contributed by atoms with E-state index < -0.39 is 0 Å². The fraction of sp³-hybridized carbons (Fsp3) is 0.167. The molecule has 0 amide bonds. The summed E-state index contributed by atoms with van der Waals surface area (Å²) in [7, 11) is 0. The number of nitrogens with one attached hydrogen (secondary N) is 1. The van der Waals surface area contributed by atoms with E-state index in [0.29, 0.717) is 13.1 Å². The number of pyridine rings is 1. The lowest BCUT2D eigenvalue weighted by atomic mass is 10.0. The van der Waals surface area contributed by atoms with Crippen LogP contribution in [-0.2, 0) is 13.0 Å². The Morgan fingerprint density at radius 1 is 1.17 bits per heavy atom. The lowest BCUT2D eigenvalue weighted by Crippen LogP contribution is -2.19. The number of nitrogens with two attached hydrogens (primary N) is 1. The zero-order valence-electron chi connectivity index (χ0n) is 12.6. The molecule has 116 valence electrons. The zero-order chi connectivity index (χ0) is 15.8. The molecule has 0 saturated carbocycles. The van der Waals surface area contributed by atoms with Gasteiger partial charge in [0, 0.05) is 33.6 Å². The summed E-state index contributed by atoms with van der Waals surface area (Å²) < 4.78 is 1.77. The van der Waals surface area contributed by atoms with E-state index >= 15 is 0 Å². The van der Waals surface area contributed by atoms with Crippen LogP contribution in [-0.4, -0.2) is 16.1 Å². The van der Waals surface area contributed by atoms with Gasteiger partial charge in [-0.3, -0.25) is 4.79 Å². The highest BCUT2D eigenvalue weighted by molar-refractivity contribution is 7.09. The second-order valence-corrected chi connectivity index (χ2v) is 6.66. The monoisotopic (exact) mass is 323 g/mol. The molecule has 0 spiro atoms. The average molecular weight is 323 g/mol. The van der Waals surface area contributed by atoms with Crippen molar-refractivity contribution in [1.29, 1.82) is 0 Å². The lowest BCUT2D eigenvalue weighted by Gasteiger charge is -2.08. The van der Waals surface area contributed by atoms with Crippen LogP contribution in [0.4, 0.5) is 0 Å². The van der Waals surface area contributed by atoms with E-state index in [9.17, 15) is 4.79 Å². The molecule has 0 atom stereocenters. The molecule has 0 aliphatic carbocycles. The molecule has 4 rings (SSSR count). The Hall–Kier alpha value is -2.37. The van der Waals surface area contributed by atoms with Gasteiger partial charge in [0.2, 0.25) is 0 Å². The molecule has 0 fully saturated rings. The zero-order valence-corrected chi connectivity index (χ0v) is 13.4. The molecule has 0 radical (unpaired) electrons. The van der Waals surface area contributed by atoms with Crippen LogP contribution in [0.2, 0.25) is 0 Å². The molecule has 4 nitrogen and oxygen atoms in total. The number of aromatic nitrogens is 2. The average Bonchev–Trinajstić information content (AvgIpc) is 3.20. The lowest BCUT2D eigenvalue weighted by molar-refractivity contribution is 0.779. The van der Waals surface area contributed by atoms with Crippen LogP contribution in [0, 0.1) is 0 Å².